The molecule has 0 bridgehead atoms. The molecular formula is C24H29ClF3N3O5S. The van der Waals surface area contributed by atoms with Crippen LogP contribution in [0.25, 0.3) is 0 Å². The van der Waals surface area contributed by atoms with E-state index in [0.29, 0.717) is 21.7 Å². The summed E-state index contributed by atoms with van der Waals surface area (Å²) in [5.74, 6) is -0.783. The third kappa shape index (κ3) is 8.26. The van der Waals surface area contributed by atoms with Crippen molar-refractivity contribution >= 4 is 39.1 Å². The largest absolute Gasteiger partial charge is 0.497 e. The molecule has 1 atom stereocenters. The maximum atomic E-state index is 13.5. The van der Waals surface area contributed by atoms with Gasteiger partial charge in [-0.3, -0.25) is 13.9 Å². The number of benzene rings is 2. The number of nitrogens with one attached hydrogen (secondary N) is 1. The molecule has 37 heavy (non-hydrogen) atoms. The summed E-state index contributed by atoms with van der Waals surface area (Å²) in [7, 11) is -2.75. The molecule has 0 saturated heterocycles. The van der Waals surface area contributed by atoms with E-state index in [4.69, 9.17) is 16.3 Å². The zero-order valence-electron chi connectivity index (χ0n) is 21.0. The van der Waals surface area contributed by atoms with Crippen LogP contribution in [0.4, 0.5) is 18.9 Å². The molecule has 2 amide bonds. The average Bonchev–Trinajstić information content (AvgIpc) is 2.79. The molecule has 0 radical (unpaired) electrons. The standard InChI is InChI=1S/C24H29ClF3N3O5S/c1-15(2)29-23(33)16(3)30(13-17-7-6-8-19(11-17)36-4)22(32)14-31(37(5,34)35)18-9-10-21(25)20(12-18)24(26,27)28/h6-12,15-16H,13-14H2,1-5H3,(H,29,33). The molecule has 204 valence electrons. The fourth-order valence-electron chi connectivity index (χ4n) is 3.45. The van der Waals surface area contributed by atoms with Gasteiger partial charge in [-0.1, -0.05) is 23.7 Å². The number of amides is 2. The highest BCUT2D eigenvalue weighted by Crippen LogP contribution is 2.37. The van der Waals surface area contributed by atoms with Gasteiger partial charge in [-0.25, -0.2) is 8.42 Å². The van der Waals surface area contributed by atoms with Crippen LogP contribution < -0.4 is 14.4 Å². The number of hydrogen-bond acceptors (Lipinski definition) is 5. The SMILES string of the molecule is COc1cccc(CN(C(=O)CN(c2ccc(Cl)c(C(F)(F)F)c2)S(C)(=O)=O)C(C)C(=O)NC(C)C)c1. The minimum absolute atomic E-state index is 0.0886. The Labute approximate surface area is 219 Å². The highest BCUT2D eigenvalue weighted by atomic mass is 35.5. The van der Waals surface area contributed by atoms with E-state index in [1.54, 1.807) is 38.1 Å². The Kier molecular flexibility index (Phi) is 9.84. The van der Waals surface area contributed by atoms with Crippen LogP contribution in [0, 0.1) is 0 Å². The first kappa shape index (κ1) is 30.2. The molecule has 0 heterocycles. The van der Waals surface area contributed by atoms with Gasteiger partial charge < -0.3 is 15.0 Å². The highest BCUT2D eigenvalue weighted by Gasteiger charge is 2.35. The molecule has 2 rings (SSSR count). The molecule has 2 aromatic carbocycles. The average molecular weight is 564 g/mol. The molecule has 1 N–H and O–H groups in total. The molecule has 0 saturated carbocycles. The molecule has 0 aliphatic carbocycles. The second-order valence-corrected chi connectivity index (χ2v) is 11.0. The van der Waals surface area contributed by atoms with Crippen molar-refractivity contribution in [1.82, 2.24) is 10.2 Å². The van der Waals surface area contributed by atoms with Crippen LogP contribution in [0.5, 0.6) is 5.75 Å². The smallest absolute Gasteiger partial charge is 0.417 e. The number of alkyl halides is 3. The quantitative estimate of drug-likeness (QED) is 0.470. The normalized spacial score (nSPS) is 12.7. The van der Waals surface area contributed by atoms with Crippen LogP contribution in [0.15, 0.2) is 42.5 Å². The molecule has 1 unspecified atom stereocenters. The summed E-state index contributed by atoms with van der Waals surface area (Å²) < 4.78 is 71.1. The van der Waals surface area contributed by atoms with Gasteiger partial charge in [0.05, 0.1) is 29.6 Å². The molecule has 0 spiro atoms. The van der Waals surface area contributed by atoms with Gasteiger partial charge >= 0.3 is 6.18 Å². The van der Waals surface area contributed by atoms with Crippen molar-refractivity contribution in [3.63, 3.8) is 0 Å². The van der Waals surface area contributed by atoms with Crippen molar-refractivity contribution in [3.05, 3.63) is 58.6 Å². The van der Waals surface area contributed by atoms with Crippen LogP contribution in [-0.2, 0) is 32.3 Å². The lowest BCUT2D eigenvalue weighted by Crippen LogP contribution is -2.52. The fraction of sp³-hybridized carbons (Fsp3) is 0.417. The number of nitrogens with zero attached hydrogens (tertiary/aromatic N) is 2. The number of methoxy groups -OCH3 is 1. The van der Waals surface area contributed by atoms with E-state index in [1.165, 1.54) is 14.0 Å². The fourth-order valence-corrected chi connectivity index (χ4v) is 4.52. The Morgan fingerprint density at radius 1 is 1.11 bits per heavy atom. The van der Waals surface area contributed by atoms with Gasteiger partial charge in [0.15, 0.2) is 0 Å². The van der Waals surface area contributed by atoms with Gasteiger partial charge in [0.25, 0.3) is 0 Å². The van der Waals surface area contributed by atoms with Crippen LogP contribution in [-0.4, -0.2) is 57.1 Å². The third-order valence-electron chi connectivity index (χ3n) is 5.31. The molecule has 0 aromatic heterocycles. The second-order valence-electron chi connectivity index (χ2n) is 8.64. The lowest BCUT2D eigenvalue weighted by atomic mass is 10.1. The van der Waals surface area contributed by atoms with E-state index in [1.807, 2.05) is 0 Å². The highest BCUT2D eigenvalue weighted by molar-refractivity contribution is 7.92. The minimum atomic E-state index is -4.85. The molecule has 0 aliphatic heterocycles. The first-order valence-electron chi connectivity index (χ1n) is 11.1. The molecule has 2 aromatic rings. The van der Waals surface area contributed by atoms with E-state index < -0.39 is 56.9 Å². The van der Waals surface area contributed by atoms with E-state index in [2.05, 4.69) is 5.32 Å². The molecule has 8 nitrogen and oxygen atoms in total. The maximum absolute atomic E-state index is 13.5. The van der Waals surface area contributed by atoms with Crippen LogP contribution in [0.1, 0.15) is 31.9 Å². The van der Waals surface area contributed by atoms with Crippen molar-refractivity contribution in [1.29, 1.82) is 0 Å². The second kappa shape index (κ2) is 12.0. The minimum Gasteiger partial charge on any atom is -0.497 e. The van der Waals surface area contributed by atoms with E-state index in [-0.39, 0.29) is 12.6 Å². The molecule has 0 aliphatic rings. The van der Waals surface area contributed by atoms with E-state index >= 15 is 0 Å². The first-order chi connectivity index (χ1) is 17.0. The molecule has 13 heteroatoms. The number of hydrogen-bond donors (Lipinski definition) is 1. The summed E-state index contributed by atoms with van der Waals surface area (Å²) in [6.45, 7) is 4.02. The topological polar surface area (TPSA) is 96.0 Å². The number of ether oxygens (including phenoxy) is 1. The lowest BCUT2D eigenvalue weighted by Gasteiger charge is -2.32. The van der Waals surface area contributed by atoms with Gasteiger partial charge in [0.2, 0.25) is 21.8 Å². The first-order valence-corrected chi connectivity index (χ1v) is 13.3. The molecule has 0 fully saturated rings. The van der Waals surface area contributed by atoms with Crippen LogP contribution in [0.3, 0.4) is 0 Å². The summed E-state index contributed by atoms with van der Waals surface area (Å²) >= 11 is 5.67. The van der Waals surface area contributed by atoms with E-state index in [9.17, 15) is 31.2 Å². The number of carbonyl (C=O) groups is 2. The van der Waals surface area contributed by atoms with Crippen molar-refractivity contribution in [2.45, 2.75) is 45.6 Å². The van der Waals surface area contributed by atoms with Crippen molar-refractivity contribution < 1.29 is 35.9 Å². The monoisotopic (exact) mass is 563 g/mol. The van der Waals surface area contributed by atoms with Gasteiger partial charge in [-0.15, -0.1) is 0 Å². The summed E-state index contributed by atoms with van der Waals surface area (Å²) in [5, 5.41) is 2.09. The Hall–Kier alpha value is -2.99. The van der Waals surface area contributed by atoms with Crippen molar-refractivity contribution in [3.8, 4) is 5.75 Å². The summed E-state index contributed by atoms with van der Waals surface area (Å²) in [4.78, 5) is 27.4. The summed E-state index contributed by atoms with van der Waals surface area (Å²) in [6.07, 6.45) is -4.08. The Balaban J connectivity index is 2.49. The number of halogens is 4. The van der Waals surface area contributed by atoms with Gasteiger partial charge in [0, 0.05) is 12.6 Å². The zero-order valence-corrected chi connectivity index (χ0v) is 22.5. The summed E-state index contributed by atoms with van der Waals surface area (Å²) in [6, 6.07) is 8.01. The number of rotatable bonds is 10. The van der Waals surface area contributed by atoms with Crippen molar-refractivity contribution in [2.24, 2.45) is 0 Å². The third-order valence-corrected chi connectivity index (χ3v) is 6.78. The molecular weight excluding hydrogens is 535 g/mol. The number of anilines is 1. The van der Waals surface area contributed by atoms with Crippen LogP contribution in [0.2, 0.25) is 5.02 Å². The predicted molar refractivity (Wildman–Crippen MR) is 135 cm³/mol. The van der Waals surface area contributed by atoms with Gasteiger partial charge in [0.1, 0.15) is 18.3 Å². The van der Waals surface area contributed by atoms with Gasteiger partial charge in [-0.05, 0) is 56.7 Å². The predicted octanol–water partition coefficient (Wildman–Crippen LogP) is 4.08. The zero-order chi connectivity index (χ0) is 28.1. The maximum Gasteiger partial charge on any atom is 0.417 e. The number of carbonyl (C=O) groups excluding carboxylic acids is 2. The number of sulfonamides is 1. The van der Waals surface area contributed by atoms with Gasteiger partial charge in [-0.2, -0.15) is 13.2 Å². The lowest BCUT2D eigenvalue weighted by molar-refractivity contribution is -0.139. The summed E-state index contributed by atoms with van der Waals surface area (Å²) in [5.41, 5.74) is -1.05. The van der Waals surface area contributed by atoms with Crippen molar-refractivity contribution in [2.75, 3.05) is 24.2 Å². The Morgan fingerprint density at radius 3 is 2.30 bits per heavy atom. The van der Waals surface area contributed by atoms with E-state index in [0.717, 1.165) is 23.3 Å². The Morgan fingerprint density at radius 2 is 1.76 bits per heavy atom. The Bertz CT molecular complexity index is 1240. The van der Waals surface area contributed by atoms with Crippen LogP contribution >= 0.6 is 11.6 Å².